The lowest BCUT2D eigenvalue weighted by Gasteiger charge is -2.07. The molecule has 0 bridgehead atoms. The van der Waals surface area contributed by atoms with Gasteiger partial charge in [-0.15, -0.1) is 0 Å². The van der Waals surface area contributed by atoms with Crippen LogP contribution in [-0.2, 0) is 23.0 Å². The molecule has 1 aromatic carbocycles. The molecule has 23 heavy (non-hydrogen) atoms. The van der Waals surface area contributed by atoms with Crippen molar-refractivity contribution in [3.8, 4) is 0 Å². The lowest BCUT2D eigenvalue weighted by molar-refractivity contribution is -0.142. The number of carbonyl (C=O) groups excluding carboxylic acids is 1. The van der Waals surface area contributed by atoms with E-state index < -0.39 is 11.4 Å². The van der Waals surface area contributed by atoms with Crippen molar-refractivity contribution in [2.45, 2.75) is 13.3 Å². The van der Waals surface area contributed by atoms with Crippen molar-refractivity contribution in [3.63, 3.8) is 0 Å². The average Bonchev–Trinajstić information content (AvgIpc) is 2.51. The first-order valence-corrected chi connectivity index (χ1v) is 7.36. The molecule has 0 fully saturated rings. The second-order valence-electron chi connectivity index (χ2n) is 4.91. The summed E-state index contributed by atoms with van der Waals surface area (Å²) in [7, 11) is 1.65. The highest BCUT2D eigenvalue weighted by Crippen LogP contribution is 2.18. The molecular weight excluding hydrogens is 320 g/mol. The second-order valence-corrected chi connectivity index (χ2v) is 5.35. The zero-order valence-corrected chi connectivity index (χ0v) is 13.3. The molecule has 7 nitrogen and oxygen atoms in total. The van der Waals surface area contributed by atoms with Crippen LogP contribution in [0.15, 0.2) is 23.0 Å². The van der Waals surface area contributed by atoms with Crippen LogP contribution in [0, 0.1) is 0 Å². The fourth-order valence-electron chi connectivity index (χ4n) is 2.27. The van der Waals surface area contributed by atoms with Crippen molar-refractivity contribution in [1.82, 2.24) is 19.7 Å². The molecule has 3 aromatic rings. The maximum absolute atomic E-state index is 12.5. The first-order valence-electron chi connectivity index (χ1n) is 6.98. The number of carbonyl (C=O) groups is 1. The molecule has 0 amide bonds. The van der Waals surface area contributed by atoms with Crippen LogP contribution < -0.4 is 5.43 Å². The van der Waals surface area contributed by atoms with Crippen LogP contribution in [0.3, 0.4) is 0 Å². The highest BCUT2D eigenvalue weighted by atomic mass is 35.5. The van der Waals surface area contributed by atoms with Crippen LogP contribution in [0.2, 0.25) is 5.02 Å². The van der Waals surface area contributed by atoms with Gasteiger partial charge in [0, 0.05) is 12.1 Å². The summed E-state index contributed by atoms with van der Waals surface area (Å²) in [4.78, 5) is 32.9. The number of rotatable bonds is 3. The molecule has 0 N–H and O–H groups in total. The third kappa shape index (κ3) is 2.87. The fraction of sp³-hybridized carbons (Fsp3) is 0.267. The van der Waals surface area contributed by atoms with Gasteiger partial charge in [-0.3, -0.25) is 9.59 Å². The molecule has 0 unspecified atom stereocenters. The van der Waals surface area contributed by atoms with E-state index in [4.69, 9.17) is 16.3 Å². The molecule has 0 radical (unpaired) electrons. The highest BCUT2D eigenvalue weighted by molar-refractivity contribution is 6.31. The molecule has 118 valence electrons. The van der Waals surface area contributed by atoms with Crippen molar-refractivity contribution in [3.05, 3.63) is 39.1 Å². The van der Waals surface area contributed by atoms with Crippen LogP contribution in [-0.4, -0.2) is 32.3 Å². The van der Waals surface area contributed by atoms with Gasteiger partial charge in [0.25, 0.3) is 0 Å². The van der Waals surface area contributed by atoms with Gasteiger partial charge in [0.05, 0.1) is 24.1 Å². The van der Waals surface area contributed by atoms with E-state index in [0.29, 0.717) is 21.7 Å². The summed E-state index contributed by atoms with van der Waals surface area (Å²) in [6.07, 6.45) is -0.203. The van der Waals surface area contributed by atoms with Crippen LogP contribution in [0.25, 0.3) is 22.2 Å². The van der Waals surface area contributed by atoms with Gasteiger partial charge in [-0.2, -0.15) is 5.10 Å². The van der Waals surface area contributed by atoms with Crippen molar-refractivity contribution >= 4 is 39.8 Å². The monoisotopic (exact) mass is 332 g/mol. The van der Waals surface area contributed by atoms with Gasteiger partial charge in [-0.1, -0.05) is 11.6 Å². The average molecular weight is 333 g/mol. The van der Waals surface area contributed by atoms with E-state index in [2.05, 4.69) is 15.1 Å². The highest BCUT2D eigenvalue weighted by Gasteiger charge is 2.16. The van der Waals surface area contributed by atoms with Gasteiger partial charge < -0.3 is 4.74 Å². The van der Waals surface area contributed by atoms with E-state index in [9.17, 15) is 9.59 Å². The van der Waals surface area contributed by atoms with Gasteiger partial charge in [-0.25, -0.2) is 14.6 Å². The summed E-state index contributed by atoms with van der Waals surface area (Å²) in [5.41, 5.74) is 1.26. The Morgan fingerprint density at radius 2 is 2.09 bits per heavy atom. The van der Waals surface area contributed by atoms with E-state index in [1.165, 1.54) is 4.68 Å². The van der Waals surface area contributed by atoms with Crippen LogP contribution in [0.5, 0.6) is 0 Å². The zero-order valence-electron chi connectivity index (χ0n) is 12.5. The summed E-state index contributed by atoms with van der Waals surface area (Å²) in [5.74, 6) is -0.506. The number of fused-ring (bicyclic) bond motifs is 2. The molecule has 0 aliphatic rings. The minimum absolute atomic E-state index is 0.0779. The topological polar surface area (TPSA) is 87.0 Å². The van der Waals surface area contributed by atoms with E-state index in [1.807, 2.05) is 0 Å². The summed E-state index contributed by atoms with van der Waals surface area (Å²) < 4.78 is 6.29. The number of benzene rings is 1. The third-order valence-corrected chi connectivity index (χ3v) is 3.51. The molecule has 0 aliphatic heterocycles. The Labute approximate surface area is 135 Å². The number of aromatic nitrogens is 4. The van der Waals surface area contributed by atoms with Crippen molar-refractivity contribution in [1.29, 1.82) is 0 Å². The summed E-state index contributed by atoms with van der Waals surface area (Å²) >= 11 is 5.95. The lowest BCUT2D eigenvalue weighted by atomic mass is 10.2. The van der Waals surface area contributed by atoms with Gasteiger partial charge in [-0.05, 0) is 25.1 Å². The van der Waals surface area contributed by atoms with Crippen molar-refractivity contribution in [2.75, 3.05) is 6.61 Å². The van der Waals surface area contributed by atoms with Crippen LogP contribution in [0.1, 0.15) is 12.6 Å². The Balaban J connectivity index is 2.22. The number of esters is 1. The third-order valence-electron chi connectivity index (χ3n) is 3.28. The Morgan fingerprint density at radius 3 is 2.83 bits per heavy atom. The predicted octanol–water partition coefficient (Wildman–Crippen LogP) is 1.64. The largest absolute Gasteiger partial charge is 0.466 e. The Bertz CT molecular complexity index is 984. The summed E-state index contributed by atoms with van der Waals surface area (Å²) in [6.45, 7) is 1.95. The van der Waals surface area contributed by atoms with Crippen molar-refractivity contribution < 1.29 is 9.53 Å². The Kier molecular flexibility index (Phi) is 3.96. The Morgan fingerprint density at radius 1 is 1.30 bits per heavy atom. The molecule has 0 spiro atoms. The lowest BCUT2D eigenvalue weighted by Crippen LogP contribution is -2.23. The fourth-order valence-corrected chi connectivity index (χ4v) is 2.44. The maximum Gasteiger partial charge on any atom is 0.312 e. The predicted molar refractivity (Wildman–Crippen MR) is 85.4 cm³/mol. The number of halogens is 1. The normalized spacial score (nSPS) is 11.1. The molecule has 2 aromatic heterocycles. The number of hydrogen-bond acceptors (Lipinski definition) is 6. The SMILES string of the molecule is CCOC(=O)Cc1nn(C)c2nc3ccc(Cl)cc3nc2c1=O. The summed E-state index contributed by atoms with van der Waals surface area (Å²) in [5, 5.41) is 4.63. The first kappa shape index (κ1) is 15.4. The summed E-state index contributed by atoms with van der Waals surface area (Å²) in [6, 6.07) is 5.06. The van der Waals surface area contributed by atoms with Crippen LogP contribution in [0.4, 0.5) is 0 Å². The van der Waals surface area contributed by atoms with E-state index in [0.717, 1.165) is 0 Å². The molecule has 2 heterocycles. The number of ether oxygens (including phenoxy) is 1. The first-order chi connectivity index (χ1) is 11.0. The molecule has 0 saturated carbocycles. The number of aryl methyl sites for hydroxylation is 1. The number of hydrogen-bond donors (Lipinski definition) is 0. The molecule has 0 saturated heterocycles. The Hall–Kier alpha value is -2.54. The number of nitrogens with zero attached hydrogens (tertiary/aromatic N) is 4. The second kappa shape index (κ2) is 5.92. The van der Waals surface area contributed by atoms with Gasteiger partial charge in [0.2, 0.25) is 5.43 Å². The van der Waals surface area contributed by atoms with Gasteiger partial charge in [0.1, 0.15) is 5.69 Å². The quantitative estimate of drug-likeness (QED) is 0.535. The van der Waals surface area contributed by atoms with E-state index in [1.54, 1.807) is 32.2 Å². The molecular formula is C15H13ClN4O3. The zero-order chi connectivity index (χ0) is 16.6. The maximum atomic E-state index is 12.5. The van der Waals surface area contributed by atoms with Crippen LogP contribution >= 0.6 is 11.6 Å². The van der Waals surface area contributed by atoms with E-state index in [-0.39, 0.29) is 24.2 Å². The van der Waals surface area contributed by atoms with Gasteiger partial charge in [0.15, 0.2) is 11.2 Å². The van der Waals surface area contributed by atoms with Gasteiger partial charge >= 0.3 is 5.97 Å². The molecule has 0 atom stereocenters. The standard InChI is InChI=1S/C15H13ClN4O3/c1-3-23-12(21)7-11-14(22)13-15(20(2)19-11)18-9-5-4-8(16)6-10(9)17-13/h4-6H,3,7H2,1-2H3. The smallest absolute Gasteiger partial charge is 0.312 e. The molecule has 0 aliphatic carbocycles. The van der Waals surface area contributed by atoms with Crippen molar-refractivity contribution in [2.24, 2.45) is 7.05 Å². The van der Waals surface area contributed by atoms with E-state index >= 15 is 0 Å². The molecule has 8 heteroatoms. The minimum Gasteiger partial charge on any atom is -0.466 e. The molecule has 3 rings (SSSR count). The minimum atomic E-state index is -0.506.